The molecule has 5 aliphatic rings. The van der Waals surface area contributed by atoms with E-state index in [-0.39, 0.29) is 29.6 Å². The molecule has 0 bridgehead atoms. The molecular formula is C29H40O5. The van der Waals surface area contributed by atoms with Crippen molar-refractivity contribution in [2.75, 3.05) is 6.61 Å². The maximum absolute atomic E-state index is 13.7. The summed E-state index contributed by atoms with van der Waals surface area (Å²) in [6.07, 6.45) is 16.9. The number of esters is 1. The zero-order valence-corrected chi connectivity index (χ0v) is 20.9. The Morgan fingerprint density at radius 2 is 1.85 bits per heavy atom. The number of hydrogen-bond acceptors (Lipinski definition) is 5. The molecule has 7 atom stereocenters. The monoisotopic (exact) mass is 468 g/mol. The average Bonchev–Trinajstić information content (AvgIpc) is 3.07. The van der Waals surface area contributed by atoms with Crippen LogP contribution in [-0.4, -0.2) is 40.3 Å². The van der Waals surface area contributed by atoms with Crippen molar-refractivity contribution in [2.24, 2.45) is 34.5 Å². The highest BCUT2D eigenvalue weighted by Gasteiger charge is 2.69. The van der Waals surface area contributed by atoms with Crippen LogP contribution in [0.1, 0.15) is 78.6 Å². The molecule has 0 radical (unpaired) electrons. The van der Waals surface area contributed by atoms with Gasteiger partial charge >= 0.3 is 5.97 Å². The molecule has 2 N–H and O–H groups in total. The Balaban J connectivity index is 1.54. The predicted molar refractivity (Wildman–Crippen MR) is 130 cm³/mol. The quantitative estimate of drug-likeness (QED) is 0.462. The van der Waals surface area contributed by atoms with Gasteiger partial charge in [0.25, 0.3) is 0 Å². The van der Waals surface area contributed by atoms with Gasteiger partial charge in [-0.25, -0.2) is 0 Å². The zero-order valence-electron chi connectivity index (χ0n) is 20.9. The van der Waals surface area contributed by atoms with Gasteiger partial charge in [-0.2, -0.15) is 0 Å². The van der Waals surface area contributed by atoms with Gasteiger partial charge < -0.3 is 14.9 Å². The van der Waals surface area contributed by atoms with Crippen LogP contribution in [-0.2, 0) is 14.3 Å². The Kier molecular flexibility index (Phi) is 5.96. The molecule has 0 saturated heterocycles. The topological polar surface area (TPSA) is 83.8 Å². The van der Waals surface area contributed by atoms with Crippen molar-refractivity contribution in [3.63, 3.8) is 0 Å². The lowest BCUT2D eigenvalue weighted by Crippen LogP contribution is -2.59. The molecule has 34 heavy (non-hydrogen) atoms. The molecule has 5 heteroatoms. The number of ketones is 1. The van der Waals surface area contributed by atoms with Gasteiger partial charge in [-0.1, -0.05) is 74.5 Å². The van der Waals surface area contributed by atoms with E-state index in [2.05, 4.69) is 26.0 Å². The Morgan fingerprint density at radius 1 is 1.12 bits per heavy atom. The first-order chi connectivity index (χ1) is 16.1. The fourth-order valence-electron chi connectivity index (χ4n) is 8.61. The van der Waals surface area contributed by atoms with Crippen molar-refractivity contribution in [2.45, 2.75) is 90.3 Å². The van der Waals surface area contributed by atoms with E-state index in [1.165, 1.54) is 24.5 Å². The van der Waals surface area contributed by atoms with E-state index in [0.717, 1.165) is 44.9 Å². The van der Waals surface area contributed by atoms with Gasteiger partial charge in [-0.15, -0.1) is 0 Å². The Hall–Kier alpha value is -1.72. The maximum Gasteiger partial charge on any atom is 0.303 e. The van der Waals surface area contributed by atoms with Crippen LogP contribution in [0.4, 0.5) is 0 Å². The second-order valence-electron chi connectivity index (χ2n) is 12.0. The third-order valence-corrected chi connectivity index (χ3v) is 10.4. The van der Waals surface area contributed by atoms with Crippen molar-refractivity contribution >= 4 is 11.8 Å². The van der Waals surface area contributed by atoms with E-state index < -0.39 is 23.1 Å². The van der Waals surface area contributed by atoms with Gasteiger partial charge in [0.1, 0.15) is 5.60 Å². The van der Waals surface area contributed by atoms with Crippen LogP contribution in [0.5, 0.6) is 0 Å². The second kappa shape index (κ2) is 8.44. The average molecular weight is 469 g/mol. The summed E-state index contributed by atoms with van der Waals surface area (Å²) in [5.41, 5.74) is 0.445. The van der Waals surface area contributed by atoms with E-state index in [4.69, 9.17) is 4.74 Å². The highest BCUT2D eigenvalue weighted by Crippen LogP contribution is 2.68. The molecule has 0 aromatic carbocycles. The number of Topliss-reactive ketones (excluding diaryl/α,β-unsaturated/α-hetero) is 1. The van der Waals surface area contributed by atoms with E-state index in [0.29, 0.717) is 18.3 Å². The van der Waals surface area contributed by atoms with Gasteiger partial charge in [-0.05, 0) is 56.3 Å². The summed E-state index contributed by atoms with van der Waals surface area (Å²) in [6, 6.07) is 0. The normalized spacial score (nSPS) is 43.8. The molecule has 3 saturated carbocycles. The number of hydrogen-bond donors (Lipinski definition) is 2. The molecule has 186 valence electrons. The minimum atomic E-state index is -1.48. The van der Waals surface area contributed by atoms with Gasteiger partial charge in [0, 0.05) is 17.8 Å². The van der Waals surface area contributed by atoms with Crippen LogP contribution in [0.25, 0.3) is 0 Å². The number of allylic oxidation sites excluding steroid dienone is 4. The fraction of sp³-hybridized carbons (Fsp3) is 0.724. The number of fused-ring (bicyclic) bond motifs is 5. The summed E-state index contributed by atoms with van der Waals surface area (Å²) < 4.78 is 5.14. The Bertz CT molecular complexity index is 956. The third-order valence-electron chi connectivity index (χ3n) is 10.4. The van der Waals surface area contributed by atoms with E-state index >= 15 is 0 Å². The predicted octanol–water partition coefficient (Wildman–Crippen LogP) is 4.68. The van der Waals surface area contributed by atoms with Gasteiger partial charge in [-0.3, -0.25) is 9.59 Å². The molecule has 5 aliphatic carbocycles. The van der Waals surface area contributed by atoms with Crippen molar-refractivity contribution < 1.29 is 24.5 Å². The van der Waals surface area contributed by atoms with Crippen LogP contribution < -0.4 is 0 Å². The van der Waals surface area contributed by atoms with E-state index in [1.54, 1.807) is 0 Å². The fourth-order valence-corrected chi connectivity index (χ4v) is 8.61. The smallest absolute Gasteiger partial charge is 0.303 e. The number of aliphatic hydroxyl groups is 2. The summed E-state index contributed by atoms with van der Waals surface area (Å²) in [6.45, 7) is 5.35. The van der Waals surface area contributed by atoms with Crippen LogP contribution in [0, 0.1) is 34.5 Å². The van der Waals surface area contributed by atoms with Gasteiger partial charge in [0.15, 0.2) is 6.61 Å². The van der Waals surface area contributed by atoms with Crippen LogP contribution in [0.15, 0.2) is 35.5 Å². The molecule has 0 aliphatic heterocycles. The molecule has 5 nitrogen and oxygen atoms in total. The van der Waals surface area contributed by atoms with Crippen molar-refractivity contribution in [3.8, 4) is 0 Å². The lowest BCUT2D eigenvalue weighted by molar-refractivity contribution is -0.171. The highest BCUT2D eigenvalue weighted by molar-refractivity contribution is 5.91. The van der Waals surface area contributed by atoms with Crippen molar-refractivity contribution in [1.29, 1.82) is 0 Å². The molecule has 0 spiro atoms. The molecule has 0 aromatic heterocycles. The summed E-state index contributed by atoms with van der Waals surface area (Å²) in [5.74, 6) is -0.0324. The molecule has 3 unspecified atom stereocenters. The first-order valence-electron chi connectivity index (χ1n) is 13.3. The number of rotatable bonds is 4. The summed E-state index contributed by atoms with van der Waals surface area (Å²) in [7, 11) is 0. The Morgan fingerprint density at radius 3 is 2.56 bits per heavy atom. The van der Waals surface area contributed by atoms with E-state index in [1.807, 2.05) is 12.2 Å². The number of ether oxygens (including phenoxy) is 1. The third kappa shape index (κ3) is 3.41. The summed E-state index contributed by atoms with van der Waals surface area (Å²) in [4.78, 5) is 25.2. The molecule has 0 aromatic rings. The molecule has 0 amide bonds. The standard InChI is InChI=1S/C29H40O5/c1-18(30)34-17-26(32)29(33)24(19-7-5-4-6-8-19)16-25-22-10-9-20-15-21(31)11-13-27(20,2)23(22)12-14-28(25,29)3/h11-13,15,19,21-22,24-25,31,33H,4-10,14,16-17H2,1-3H3/t21?,22?,24-,25?,27-,28-,29-/m0/s1. The molecular weight excluding hydrogens is 428 g/mol. The molecule has 3 fully saturated rings. The lowest BCUT2D eigenvalue weighted by Gasteiger charge is -2.54. The number of carbonyl (C=O) groups is 2. The second-order valence-corrected chi connectivity index (χ2v) is 12.0. The zero-order chi connectivity index (χ0) is 24.3. The van der Waals surface area contributed by atoms with Crippen LogP contribution in [0.3, 0.4) is 0 Å². The number of aliphatic hydroxyl groups excluding tert-OH is 1. The SMILES string of the molecule is CC(=O)OCC(=O)[C@@]1(O)[C@H](C2CCCCC2)CC2C3CCC4=CC(O)C=C[C@]4(C)C3=CC[C@@]21C. The van der Waals surface area contributed by atoms with Crippen LogP contribution in [0.2, 0.25) is 0 Å². The number of carbonyl (C=O) groups excluding carboxylic acids is 2. The minimum Gasteiger partial charge on any atom is -0.458 e. The van der Waals surface area contributed by atoms with Gasteiger partial charge in [0.2, 0.25) is 5.78 Å². The first-order valence-corrected chi connectivity index (χ1v) is 13.3. The summed E-state index contributed by atoms with van der Waals surface area (Å²) >= 11 is 0. The largest absolute Gasteiger partial charge is 0.458 e. The summed E-state index contributed by atoms with van der Waals surface area (Å²) in [5, 5.41) is 22.6. The lowest BCUT2D eigenvalue weighted by atomic mass is 9.51. The highest BCUT2D eigenvalue weighted by atomic mass is 16.5. The van der Waals surface area contributed by atoms with Gasteiger partial charge in [0.05, 0.1) is 6.10 Å². The molecule has 0 heterocycles. The van der Waals surface area contributed by atoms with Crippen molar-refractivity contribution in [1.82, 2.24) is 0 Å². The van der Waals surface area contributed by atoms with Crippen molar-refractivity contribution in [3.05, 3.63) is 35.5 Å². The van der Waals surface area contributed by atoms with Crippen LogP contribution >= 0.6 is 0 Å². The van der Waals surface area contributed by atoms with E-state index in [9.17, 15) is 19.8 Å². The first kappa shape index (κ1) is 24.0. The minimum absolute atomic E-state index is 0.0907. The maximum atomic E-state index is 13.7. The molecule has 5 rings (SSSR count). The Labute approximate surface area is 203 Å².